The van der Waals surface area contributed by atoms with Crippen LogP contribution in [-0.4, -0.2) is 48.1 Å². The number of guanidine groups is 1. The molecule has 1 atom stereocenters. The van der Waals surface area contributed by atoms with E-state index in [0.717, 1.165) is 50.8 Å². The average Bonchev–Trinajstić information content (AvgIpc) is 2.82. The minimum Gasteiger partial charge on any atom is -0.379 e. The van der Waals surface area contributed by atoms with E-state index in [1.807, 2.05) is 0 Å². The lowest BCUT2D eigenvalue weighted by molar-refractivity contribution is -0.384. The molecule has 0 bridgehead atoms. The molecule has 0 radical (unpaired) electrons. The Morgan fingerprint density at radius 2 is 1.84 bits per heavy atom. The maximum atomic E-state index is 10.9. The molecule has 2 N–H and O–H groups in total. The van der Waals surface area contributed by atoms with E-state index in [9.17, 15) is 10.1 Å². The number of benzene rings is 2. The van der Waals surface area contributed by atoms with Gasteiger partial charge in [0.25, 0.3) is 5.69 Å². The van der Waals surface area contributed by atoms with Crippen molar-refractivity contribution in [2.45, 2.75) is 45.9 Å². The second-order valence-electron chi connectivity index (χ2n) is 8.05. The molecule has 8 nitrogen and oxygen atoms in total. The first-order valence-corrected chi connectivity index (χ1v) is 11.2. The number of non-ortho nitro benzene ring substituents is 1. The van der Waals surface area contributed by atoms with Crippen LogP contribution in [0.1, 0.15) is 37.0 Å². The number of hydrogen-bond donors (Lipinski definition) is 2. The minimum absolute atomic E-state index is 0.0886. The van der Waals surface area contributed by atoms with Crippen LogP contribution in [0.3, 0.4) is 0 Å². The maximum Gasteiger partial charge on any atom is 0.269 e. The summed E-state index contributed by atoms with van der Waals surface area (Å²) in [5.74, 6) is 0.735. The molecule has 1 fully saturated rings. The highest BCUT2D eigenvalue weighted by Gasteiger charge is 2.13. The maximum absolute atomic E-state index is 10.9. The van der Waals surface area contributed by atoms with Gasteiger partial charge in [-0.1, -0.05) is 43.3 Å². The number of morpholine rings is 1. The molecule has 8 heteroatoms. The number of nitrogens with zero attached hydrogens (tertiary/aromatic N) is 3. The predicted octanol–water partition coefficient (Wildman–Crippen LogP) is 3.46. The summed E-state index contributed by atoms with van der Waals surface area (Å²) in [5, 5.41) is 17.8. The molecule has 32 heavy (non-hydrogen) atoms. The predicted molar refractivity (Wildman–Crippen MR) is 127 cm³/mol. The monoisotopic (exact) mass is 439 g/mol. The first kappa shape index (κ1) is 23.7. The molecule has 1 heterocycles. The Morgan fingerprint density at radius 3 is 2.50 bits per heavy atom. The van der Waals surface area contributed by atoms with Crippen molar-refractivity contribution in [2.75, 3.05) is 26.3 Å². The molecule has 2 aromatic carbocycles. The Bertz CT molecular complexity index is 895. The summed E-state index contributed by atoms with van der Waals surface area (Å²) in [4.78, 5) is 17.6. The first-order valence-electron chi connectivity index (χ1n) is 11.2. The van der Waals surface area contributed by atoms with Crippen molar-refractivity contribution >= 4 is 11.6 Å². The first-order chi connectivity index (χ1) is 15.5. The highest BCUT2D eigenvalue weighted by atomic mass is 16.6. The van der Waals surface area contributed by atoms with Crippen LogP contribution in [0.2, 0.25) is 0 Å². The summed E-state index contributed by atoms with van der Waals surface area (Å²) < 4.78 is 5.46. The van der Waals surface area contributed by atoms with Crippen molar-refractivity contribution in [1.29, 1.82) is 0 Å². The summed E-state index contributed by atoms with van der Waals surface area (Å²) in [7, 11) is 0. The highest BCUT2D eigenvalue weighted by Crippen LogP contribution is 2.14. The number of ether oxygens (including phenoxy) is 1. The average molecular weight is 440 g/mol. The molecule has 0 amide bonds. The van der Waals surface area contributed by atoms with E-state index in [-0.39, 0.29) is 11.7 Å². The standard InChI is InChI=1S/C24H33N5O3/c1-3-19(2)27-24(25-16-20-8-10-23(11-9-20)29(30)31)26-17-21-6-4-5-7-22(21)18-28-12-14-32-15-13-28/h4-11,19H,3,12-18H2,1-2H3,(H2,25,26,27). The van der Waals surface area contributed by atoms with Gasteiger partial charge in [0, 0.05) is 44.4 Å². The van der Waals surface area contributed by atoms with Crippen LogP contribution in [0.4, 0.5) is 5.69 Å². The third-order valence-corrected chi connectivity index (χ3v) is 5.62. The SMILES string of the molecule is CCC(C)NC(=NCc1ccc([N+](=O)[O-])cc1)NCc1ccccc1CN1CCOCC1. The second kappa shape index (κ2) is 12.2. The van der Waals surface area contributed by atoms with Gasteiger partial charge >= 0.3 is 0 Å². The Labute approximate surface area is 189 Å². The summed E-state index contributed by atoms with van der Waals surface area (Å²) in [5.41, 5.74) is 3.56. The second-order valence-corrected chi connectivity index (χ2v) is 8.05. The van der Waals surface area contributed by atoms with Gasteiger partial charge in [0.05, 0.1) is 24.7 Å². The Balaban J connectivity index is 1.66. The third-order valence-electron chi connectivity index (χ3n) is 5.62. The van der Waals surface area contributed by atoms with Gasteiger partial charge in [0.2, 0.25) is 0 Å². The van der Waals surface area contributed by atoms with Gasteiger partial charge in [-0.3, -0.25) is 15.0 Å². The molecule has 2 aromatic rings. The van der Waals surface area contributed by atoms with E-state index in [4.69, 9.17) is 9.73 Å². The zero-order valence-electron chi connectivity index (χ0n) is 18.9. The van der Waals surface area contributed by atoms with Gasteiger partial charge in [-0.15, -0.1) is 0 Å². The van der Waals surface area contributed by atoms with Crippen LogP contribution < -0.4 is 10.6 Å². The minimum atomic E-state index is -0.390. The number of nitro groups is 1. The zero-order valence-corrected chi connectivity index (χ0v) is 18.9. The topological polar surface area (TPSA) is 92.0 Å². The number of aliphatic imine (C=N–C) groups is 1. The third kappa shape index (κ3) is 7.32. The normalized spacial score (nSPS) is 15.9. The lowest BCUT2D eigenvalue weighted by Crippen LogP contribution is -2.42. The fraction of sp³-hybridized carbons (Fsp3) is 0.458. The molecule has 1 saturated heterocycles. The molecular weight excluding hydrogens is 406 g/mol. The van der Waals surface area contributed by atoms with Gasteiger partial charge in [-0.2, -0.15) is 0 Å². The fourth-order valence-electron chi connectivity index (χ4n) is 3.44. The number of nitrogens with one attached hydrogen (secondary N) is 2. The van der Waals surface area contributed by atoms with Crippen LogP contribution in [0.15, 0.2) is 53.5 Å². The van der Waals surface area contributed by atoms with Crippen molar-refractivity contribution in [1.82, 2.24) is 15.5 Å². The lowest BCUT2D eigenvalue weighted by atomic mass is 10.1. The summed E-state index contributed by atoms with van der Waals surface area (Å²) in [6, 6.07) is 15.3. The molecule has 0 spiro atoms. The van der Waals surface area contributed by atoms with Crippen molar-refractivity contribution < 1.29 is 9.66 Å². The van der Waals surface area contributed by atoms with Crippen LogP contribution in [0.5, 0.6) is 0 Å². The smallest absolute Gasteiger partial charge is 0.269 e. The van der Waals surface area contributed by atoms with Crippen LogP contribution in [0, 0.1) is 10.1 Å². The summed E-state index contributed by atoms with van der Waals surface area (Å²) in [6.45, 7) is 9.77. The van der Waals surface area contributed by atoms with Crippen LogP contribution in [-0.2, 0) is 24.4 Å². The van der Waals surface area contributed by atoms with Crippen molar-refractivity contribution in [3.63, 3.8) is 0 Å². The zero-order chi connectivity index (χ0) is 22.8. The van der Waals surface area contributed by atoms with E-state index in [2.05, 4.69) is 53.6 Å². The summed E-state index contributed by atoms with van der Waals surface area (Å²) >= 11 is 0. The van der Waals surface area contributed by atoms with Gasteiger partial charge < -0.3 is 15.4 Å². The fourth-order valence-corrected chi connectivity index (χ4v) is 3.44. The Kier molecular flexibility index (Phi) is 9.01. The molecule has 0 saturated carbocycles. The molecule has 0 aromatic heterocycles. The van der Waals surface area contributed by atoms with Crippen molar-refractivity contribution in [3.8, 4) is 0 Å². The molecule has 1 unspecified atom stereocenters. The number of hydrogen-bond acceptors (Lipinski definition) is 5. The Hall–Kier alpha value is -2.97. The van der Waals surface area contributed by atoms with E-state index < -0.39 is 4.92 Å². The molecular formula is C24H33N5O3. The van der Waals surface area contributed by atoms with Crippen LogP contribution >= 0.6 is 0 Å². The van der Waals surface area contributed by atoms with Crippen LogP contribution in [0.25, 0.3) is 0 Å². The van der Waals surface area contributed by atoms with Gasteiger partial charge in [0.1, 0.15) is 0 Å². The van der Waals surface area contributed by atoms with E-state index in [0.29, 0.717) is 13.1 Å². The van der Waals surface area contributed by atoms with Gasteiger partial charge in [0.15, 0.2) is 5.96 Å². The number of rotatable bonds is 9. The summed E-state index contributed by atoms with van der Waals surface area (Å²) in [6.07, 6.45) is 0.978. The molecule has 1 aliphatic heterocycles. The van der Waals surface area contributed by atoms with Gasteiger partial charge in [-0.25, -0.2) is 4.99 Å². The largest absolute Gasteiger partial charge is 0.379 e. The van der Waals surface area contributed by atoms with E-state index in [1.165, 1.54) is 23.3 Å². The molecule has 3 rings (SSSR count). The quantitative estimate of drug-likeness (QED) is 0.269. The molecule has 0 aliphatic carbocycles. The van der Waals surface area contributed by atoms with E-state index in [1.54, 1.807) is 12.1 Å². The van der Waals surface area contributed by atoms with Gasteiger partial charge in [-0.05, 0) is 30.0 Å². The number of nitro benzene ring substituents is 1. The van der Waals surface area contributed by atoms with E-state index >= 15 is 0 Å². The molecule has 1 aliphatic rings. The Morgan fingerprint density at radius 1 is 1.16 bits per heavy atom. The lowest BCUT2D eigenvalue weighted by Gasteiger charge is -2.27. The highest BCUT2D eigenvalue weighted by molar-refractivity contribution is 5.80. The van der Waals surface area contributed by atoms with Crippen molar-refractivity contribution in [2.24, 2.45) is 4.99 Å². The van der Waals surface area contributed by atoms with Crippen molar-refractivity contribution in [3.05, 3.63) is 75.3 Å². The molecule has 172 valence electrons.